The summed E-state index contributed by atoms with van der Waals surface area (Å²) in [5.74, 6) is 0.225. The Labute approximate surface area is 152 Å². The maximum Gasteiger partial charge on any atom is 2.00 e. The number of benzene rings is 1. The Kier molecular flexibility index (Phi) is 6.12. The normalized spacial score (nSPS) is 20.0. The van der Waals surface area contributed by atoms with E-state index in [0.717, 1.165) is 24.2 Å². The monoisotopic (exact) mass is 368 g/mol. The van der Waals surface area contributed by atoms with Crippen LogP contribution in [0.3, 0.4) is 0 Å². The number of aromatic nitrogens is 1. The van der Waals surface area contributed by atoms with Gasteiger partial charge in [0, 0.05) is 5.56 Å². The smallest absolute Gasteiger partial charge is 0.345 e. The van der Waals surface area contributed by atoms with Gasteiger partial charge in [-0.05, 0) is 42.3 Å². The molecule has 5 heteroatoms. The maximum absolute atomic E-state index is 13.0. The summed E-state index contributed by atoms with van der Waals surface area (Å²) in [6.07, 6.45) is 1.77. The van der Waals surface area contributed by atoms with Gasteiger partial charge in [-0.3, -0.25) is 9.78 Å². The first-order chi connectivity index (χ1) is 11.1. The standard InChI is InChI=1S/C19H19FN2O.Ni/c1-3-16(22-19(23)13-7-9-14(20)10-8-13)18-6-4-5-17(21-18)15-11-12(15)2;/h4,6-10,12,15-16H,2-3,11H2,1H3,(H,22,23);/q-2;+2. The summed E-state index contributed by atoms with van der Waals surface area (Å²) in [7, 11) is 0. The van der Waals surface area contributed by atoms with Crippen LogP contribution < -0.4 is 5.32 Å². The van der Waals surface area contributed by atoms with Crippen LogP contribution in [-0.2, 0) is 16.5 Å². The Bertz CT molecular complexity index is 705. The molecule has 1 aromatic carbocycles. The molecule has 24 heavy (non-hydrogen) atoms. The van der Waals surface area contributed by atoms with Gasteiger partial charge >= 0.3 is 16.5 Å². The molecule has 1 fully saturated rings. The Morgan fingerprint density at radius 2 is 2.08 bits per heavy atom. The number of carbonyl (C=O) groups excluding carboxylic acids is 1. The molecule has 128 valence electrons. The number of pyridine rings is 1. The van der Waals surface area contributed by atoms with Crippen LogP contribution in [0.4, 0.5) is 4.39 Å². The first-order valence-corrected chi connectivity index (χ1v) is 7.86. The van der Waals surface area contributed by atoms with Crippen LogP contribution in [0.2, 0.25) is 0 Å². The van der Waals surface area contributed by atoms with Gasteiger partial charge in [-0.25, -0.2) is 16.5 Å². The van der Waals surface area contributed by atoms with Crippen LogP contribution in [0.5, 0.6) is 0 Å². The van der Waals surface area contributed by atoms with E-state index in [2.05, 4.69) is 23.3 Å². The fourth-order valence-electron chi connectivity index (χ4n) is 2.62. The van der Waals surface area contributed by atoms with Gasteiger partial charge in [0.25, 0.3) is 5.91 Å². The molecular formula is C19H19FN2NiO. The molecule has 0 aliphatic heterocycles. The van der Waals surface area contributed by atoms with Crippen molar-refractivity contribution in [3.05, 3.63) is 72.2 Å². The average molecular weight is 369 g/mol. The van der Waals surface area contributed by atoms with Gasteiger partial charge in [0.05, 0.1) is 6.04 Å². The number of nitrogens with one attached hydrogen (secondary N) is 1. The van der Waals surface area contributed by atoms with Crippen molar-refractivity contribution in [3.63, 3.8) is 0 Å². The summed E-state index contributed by atoms with van der Waals surface area (Å²) in [5.41, 5.74) is 2.19. The SMILES string of the molecule is [CH2-]C1CC1c1[c-]ccc(C(CC)NC(=O)c2ccc(F)cc2)n1.[Ni+2]. The van der Waals surface area contributed by atoms with Crippen LogP contribution in [0.15, 0.2) is 36.4 Å². The molecule has 0 radical (unpaired) electrons. The van der Waals surface area contributed by atoms with E-state index in [1.807, 2.05) is 19.1 Å². The van der Waals surface area contributed by atoms with Crippen LogP contribution in [0.1, 0.15) is 53.5 Å². The fourth-order valence-corrected chi connectivity index (χ4v) is 2.62. The van der Waals surface area contributed by atoms with Gasteiger partial charge in [-0.1, -0.05) is 19.0 Å². The predicted molar refractivity (Wildman–Crippen MR) is 86.2 cm³/mol. The van der Waals surface area contributed by atoms with Gasteiger partial charge in [-0.15, -0.1) is 0 Å². The molecule has 3 atom stereocenters. The minimum absolute atomic E-state index is 0. The van der Waals surface area contributed by atoms with Crippen LogP contribution in [0.25, 0.3) is 0 Å². The molecule has 1 heterocycles. The first-order valence-electron chi connectivity index (χ1n) is 7.86. The number of halogens is 1. The summed E-state index contributed by atoms with van der Waals surface area (Å²) in [4.78, 5) is 16.9. The van der Waals surface area contributed by atoms with Crippen molar-refractivity contribution < 1.29 is 25.7 Å². The molecule has 0 bridgehead atoms. The zero-order chi connectivity index (χ0) is 16.4. The summed E-state index contributed by atoms with van der Waals surface area (Å²) >= 11 is 0. The summed E-state index contributed by atoms with van der Waals surface area (Å²) in [6.45, 7) is 6.03. The molecule has 1 N–H and O–H groups in total. The number of carbonyl (C=O) groups is 1. The van der Waals surface area contributed by atoms with Crippen molar-refractivity contribution in [1.29, 1.82) is 0 Å². The van der Waals surface area contributed by atoms with Crippen molar-refractivity contribution >= 4 is 5.91 Å². The van der Waals surface area contributed by atoms with Crippen molar-refractivity contribution in [2.45, 2.75) is 31.7 Å². The van der Waals surface area contributed by atoms with E-state index in [1.54, 1.807) is 0 Å². The van der Waals surface area contributed by atoms with E-state index >= 15 is 0 Å². The predicted octanol–water partition coefficient (Wildman–Crippen LogP) is 3.84. The second-order valence-corrected chi connectivity index (χ2v) is 5.94. The van der Waals surface area contributed by atoms with Crippen LogP contribution in [0, 0.1) is 24.7 Å². The van der Waals surface area contributed by atoms with Crippen molar-refractivity contribution in [2.75, 3.05) is 0 Å². The molecule has 0 saturated heterocycles. The molecule has 3 rings (SSSR count). The third-order valence-corrected chi connectivity index (χ3v) is 4.19. The molecule has 1 aliphatic rings. The van der Waals surface area contributed by atoms with E-state index in [1.165, 1.54) is 24.3 Å². The molecule has 1 aromatic heterocycles. The fraction of sp³-hybridized carbons (Fsp3) is 0.316. The van der Waals surface area contributed by atoms with E-state index in [-0.39, 0.29) is 34.3 Å². The Hall–Kier alpha value is -1.74. The van der Waals surface area contributed by atoms with Crippen molar-refractivity contribution in [1.82, 2.24) is 10.3 Å². The first kappa shape index (κ1) is 18.6. The Morgan fingerprint density at radius 1 is 1.42 bits per heavy atom. The van der Waals surface area contributed by atoms with E-state index in [9.17, 15) is 9.18 Å². The Balaban J connectivity index is 0.00000208. The third kappa shape index (κ3) is 4.21. The molecule has 1 aliphatic carbocycles. The zero-order valence-electron chi connectivity index (χ0n) is 13.4. The second-order valence-electron chi connectivity index (χ2n) is 5.94. The number of hydrogen-bond donors (Lipinski definition) is 1. The number of rotatable bonds is 5. The summed E-state index contributed by atoms with van der Waals surface area (Å²) in [5, 5.41) is 2.96. The van der Waals surface area contributed by atoms with Gasteiger partial charge in [-0.2, -0.15) is 12.0 Å². The average Bonchev–Trinajstić information content (AvgIpc) is 3.30. The summed E-state index contributed by atoms with van der Waals surface area (Å²) in [6, 6.07) is 12.2. The Morgan fingerprint density at radius 3 is 2.67 bits per heavy atom. The topological polar surface area (TPSA) is 42.0 Å². The number of hydrogen-bond acceptors (Lipinski definition) is 2. The van der Waals surface area contributed by atoms with Gasteiger partial charge in [0.1, 0.15) is 5.82 Å². The van der Waals surface area contributed by atoms with Gasteiger partial charge in [0.15, 0.2) is 0 Å². The molecule has 1 amide bonds. The van der Waals surface area contributed by atoms with E-state index in [4.69, 9.17) is 0 Å². The third-order valence-electron chi connectivity index (χ3n) is 4.19. The zero-order valence-corrected chi connectivity index (χ0v) is 14.4. The van der Waals surface area contributed by atoms with E-state index in [0.29, 0.717) is 17.4 Å². The number of amides is 1. The quantitative estimate of drug-likeness (QED) is 0.643. The molecule has 2 aromatic rings. The molecule has 3 nitrogen and oxygen atoms in total. The molecule has 0 spiro atoms. The largest absolute Gasteiger partial charge is 2.00 e. The molecular weight excluding hydrogens is 350 g/mol. The van der Waals surface area contributed by atoms with Gasteiger partial charge in [0.2, 0.25) is 0 Å². The van der Waals surface area contributed by atoms with Crippen LogP contribution in [-0.4, -0.2) is 10.9 Å². The van der Waals surface area contributed by atoms with Crippen LogP contribution >= 0.6 is 0 Å². The van der Waals surface area contributed by atoms with Crippen molar-refractivity contribution in [2.24, 2.45) is 5.92 Å². The van der Waals surface area contributed by atoms with Crippen molar-refractivity contribution in [3.8, 4) is 0 Å². The van der Waals surface area contributed by atoms with Gasteiger partial charge < -0.3 is 12.2 Å². The summed E-state index contributed by atoms with van der Waals surface area (Å²) < 4.78 is 13.0. The minimum atomic E-state index is -0.356. The minimum Gasteiger partial charge on any atom is -0.345 e. The van der Waals surface area contributed by atoms with E-state index < -0.39 is 0 Å². The number of nitrogens with zero attached hydrogens (tertiary/aromatic N) is 1. The molecule has 1 saturated carbocycles. The molecule has 3 unspecified atom stereocenters. The maximum atomic E-state index is 13.0. The second kappa shape index (κ2) is 7.89.